The van der Waals surface area contributed by atoms with Crippen LogP contribution >= 0.6 is 0 Å². The zero-order valence-electron chi connectivity index (χ0n) is 19.3. The molecule has 1 atom stereocenters. The highest BCUT2D eigenvalue weighted by atomic mass is 32.2. The van der Waals surface area contributed by atoms with Crippen LogP contribution in [0.5, 0.6) is 0 Å². The van der Waals surface area contributed by atoms with Gasteiger partial charge in [0.25, 0.3) is 15.9 Å². The van der Waals surface area contributed by atoms with Crippen LogP contribution in [0.3, 0.4) is 0 Å². The van der Waals surface area contributed by atoms with Crippen LogP contribution in [0.1, 0.15) is 31.9 Å². The van der Waals surface area contributed by atoms with Crippen molar-refractivity contribution in [3.05, 3.63) is 83.1 Å². The maximum absolute atomic E-state index is 13.7. The molecule has 0 unspecified atom stereocenters. The first-order chi connectivity index (χ1) is 16.5. The number of H-pyrrole nitrogens is 1. The Hall–Kier alpha value is -3.79. The molecule has 180 valence electrons. The normalized spacial score (nSPS) is 19.3. The lowest BCUT2D eigenvalue weighted by molar-refractivity contribution is -0.129. The number of nitrogens with one attached hydrogen (secondary N) is 1. The van der Waals surface area contributed by atoms with Crippen LogP contribution in [0.25, 0.3) is 11.1 Å². The Labute approximate surface area is 201 Å². The predicted octanol–water partition coefficient (Wildman–Crippen LogP) is 3.98. The minimum Gasteiger partial charge on any atom is -0.509 e. The molecule has 0 fully saturated rings. The molecule has 35 heavy (non-hydrogen) atoms. The molecule has 3 heterocycles. The molecule has 0 radical (unpaired) electrons. The van der Waals surface area contributed by atoms with Gasteiger partial charge in [-0.15, -0.1) is 0 Å². The summed E-state index contributed by atoms with van der Waals surface area (Å²) in [6, 6.07) is 9.90. The molecular formula is C25H23FN4O4S. The van der Waals surface area contributed by atoms with E-state index in [9.17, 15) is 22.7 Å². The Morgan fingerprint density at radius 3 is 2.43 bits per heavy atom. The van der Waals surface area contributed by atoms with Crippen LogP contribution in [0.4, 0.5) is 4.39 Å². The number of aliphatic hydroxyl groups is 1. The highest BCUT2D eigenvalue weighted by molar-refractivity contribution is 7.91. The van der Waals surface area contributed by atoms with Crippen molar-refractivity contribution < 1.29 is 22.7 Å². The summed E-state index contributed by atoms with van der Waals surface area (Å²) in [6.45, 7) is 5.73. The molecule has 1 aromatic heterocycles. The van der Waals surface area contributed by atoms with Gasteiger partial charge in [-0.25, -0.2) is 4.39 Å². The van der Waals surface area contributed by atoms with E-state index >= 15 is 0 Å². The van der Waals surface area contributed by atoms with E-state index in [1.807, 2.05) is 20.8 Å². The molecule has 5 rings (SSSR count). The van der Waals surface area contributed by atoms with Gasteiger partial charge in [0.15, 0.2) is 0 Å². The Morgan fingerprint density at radius 2 is 1.80 bits per heavy atom. The number of carbonyl (C=O) groups is 1. The van der Waals surface area contributed by atoms with E-state index in [0.717, 1.165) is 0 Å². The third-order valence-electron chi connectivity index (χ3n) is 6.17. The van der Waals surface area contributed by atoms with Crippen LogP contribution in [0.2, 0.25) is 0 Å². The van der Waals surface area contributed by atoms with Crippen molar-refractivity contribution in [3.63, 3.8) is 0 Å². The van der Waals surface area contributed by atoms with Gasteiger partial charge >= 0.3 is 0 Å². The van der Waals surface area contributed by atoms with Crippen molar-refractivity contribution in [2.75, 3.05) is 0 Å². The van der Waals surface area contributed by atoms with Gasteiger partial charge in [0.1, 0.15) is 27.8 Å². The van der Waals surface area contributed by atoms with Gasteiger partial charge in [0, 0.05) is 29.4 Å². The molecule has 0 saturated carbocycles. The maximum Gasteiger partial charge on any atom is 0.284 e. The van der Waals surface area contributed by atoms with Crippen LogP contribution in [0.15, 0.2) is 75.5 Å². The lowest BCUT2D eigenvalue weighted by Crippen LogP contribution is -2.43. The number of hydrogen-bond donors (Lipinski definition) is 2. The fourth-order valence-corrected chi connectivity index (χ4v) is 6.15. The number of aromatic nitrogens is 2. The zero-order chi connectivity index (χ0) is 25.1. The number of nitrogens with zero attached hydrogens (tertiary/aromatic N) is 3. The minimum absolute atomic E-state index is 0.0335. The molecular weight excluding hydrogens is 471 g/mol. The second-order valence-corrected chi connectivity index (χ2v) is 11.2. The summed E-state index contributed by atoms with van der Waals surface area (Å²) < 4.78 is 43.7. The number of aromatic amines is 1. The number of fused-ring (bicyclic) bond motifs is 1. The summed E-state index contributed by atoms with van der Waals surface area (Å²) in [4.78, 5) is 15.2. The average molecular weight is 495 g/mol. The summed E-state index contributed by atoms with van der Waals surface area (Å²) >= 11 is 0. The maximum atomic E-state index is 13.7. The second kappa shape index (κ2) is 7.88. The largest absolute Gasteiger partial charge is 0.509 e. The fourth-order valence-electron chi connectivity index (χ4n) is 4.73. The molecule has 0 saturated heterocycles. The monoisotopic (exact) mass is 494 g/mol. The standard InChI is InChI=1S/C25H23FN4O4S/c1-25(2,3)23-21(31)19(24(32)30(23)13-14-7-9-16(26)10-8-14)20-18-6-4-5-17(15-11-27-28-12-15)22(18)35(33,34)29-20/h4-12,23,31H,13H2,1-3H3,(H,27,28)/t23-/m1/s1. The first-order valence-corrected chi connectivity index (χ1v) is 12.4. The zero-order valence-corrected chi connectivity index (χ0v) is 20.1. The lowest BCUT2D eigenvalue weighted by Gasteiger charge is -2.35. The van der Waals surface area contributed by atoms with Crippen molar-refractivity contribution in [2.45, 2.75) is 38.3 Å². The molecule has 1 amide bonds. The number of amides is 1. The number of hydrogen-bond acceptors (Lipinski definition) is 5. The average Bonchev–Trinajstić information content (AvgIpc) is 3.46. The van der Waals surface area contributed by atoms with Crippen LogP contribution in [-0.4, -0.2) is 46.3 Å². The fraction of sp³-hybridized carbons (Fsp3) is 0.240. The number of benzene rings is 2. The van der Waals surface area contributed by atoms with Gasteiger partial charge in [-0.1, -0.05) is 51.1 Å². The van der Waals surface area contributed by atoms with E-state index in [1.165, 1.54) is 23.2 Å². The summed E-state index contributed by atoms with van der Waals surface area (Å²) in [6.07, 6.45) is 3.07. The van der Waals surface area contributed by atoms with Crippen molar-refractivity contribution in [3.8, 4) is 11.1 Å². The van der Waals surface area contributed by atoms with Gasteiger partial charge < -0.3 is 10.0 Å². The number of aliphatic hydroxyl groups excluding tert-OH is 1. The van der Waals surface area contributed by atoms with Gasteiger partial charge in [0.2, 0.25) is 0 Å². The summed E-state index contributed by atoms with van der Waals surface area (Å²) in [5, 5.41) is 17.9. The van der Waals surface area contributed by atoms with Crippen molar-refractivity contribution in [1.82, 2.24) is 15.1 Å². The number of rotatable bonds is 4. The SMILES string of the molecule is CC(C)(C)[C@H]1C(O)=C(C2=NS(=O)(=O)c3c2cccc3-c2cn[nH]c2)C(=O)N1Cc1ccc(F)cc1. The number of sulfonamides is 1. The highest BCUT2D eigenvalue weighted by Gasteiger charge is 2.49. The predicted molar refractivity (Wildman–Crippen MR) is 128 cm³/mol. The molecule has 0 bridgehead atoms. The van der Waals surface area contributed by atoms with E-state index in [1.54, 1.807) is 36.5 Å². The molecule has 0 aliphatic carbocycles. The molecule has 0 spiro atoms. The van der Waals surface area contributed by atoms with Gasteiger partial charge in [-0.05, 0) is 23.1 Å². The second-order valence-electron chi connectivity index (χ2n) is 9.67. The quantitative estimate of drug-likeness (QED) is 0.569. The smallest absolute Gasteiger partial charge is 0.284 e. The van der Waals surface area contributed by atoms with Crippen molar-refractivity contribution in [1.29, 1.82) is 0 Å². The van der Waals surface area contributed by atoms with Crippen LogP contribution < -0.4 is 0 Å². The molecule has 8 nitrogen and oxygen atoms in total. The van der Waals surface area contributed by atoms with E-state index in [2.05, 4.69) is 14.6 Å². The Kier molecular flexibility index (Phi) is 5.17. The van der Waals surface area contributed by atoms with E-state index in [-0.39, 0.29) is 34.0 Å². The van der Waals surface area contributed by atoms with E-state index in [0.29, 0.717) is 16.7 Å². The Bertz CT molecular complexity index is 1500. The third-order valence-corrected chi connectivity index (χ3v) is 7.55. The van der Waals surface area contributed by atoms with Crippen LogP contribution in [-0.2, 0) is 21.4 Å². The van der Waals surface area contributed by atoms with E-state index < -0.39 is 33.2 Å². The third kappa shape index (κ3) is 3.74. The molecule has 2 aliphatic rings. The van der Waals surface area contributed by atoms with Crippen molar-refractivity contribution in [2.24, 2.45) is 9.81 Å². The Morgan fingerprint density at radius 1 is 1.11 bits per heavy atom. The summed E-state index contributed by atoms with van der Waals surface area (Å²) in [7, 11) is -4.14. The minimum atomic E-state index is -4.14. The van der Waals surface area contributed by atoms with Crippen molar-refractivity contribution >= 4 is 21.6 Å². The number of halogens is 1. The molecule has 3 aromatic rings. The molecule has 2 N–H and O–H groups in total. The summed E-state index contributed by atoms with van der Waals surface area (Å²) in [5.41, 5.74) is 1.07. The first-order valence-electron chi connectivity index (χ1n) is 11.0. The Balaban J connectivity index is 1.64. The van der Waals surface area contributed by atoms with Crippen LogP contribution in [0, 0.1) is 11.2 Å². The molecule has 2 aromatic carbocycles. The number of carbonyl (C=O) groups excluding carboxylic acids is 1. The lowest BCUT2D eigenvalue weighted by atomic mass is 9.84. The molecule has 10 heteroatoms. The van der Waals surface area contributed by atoms with E-state index in [4.69, 9.17) is 0 Å². The van der Waals surface area contributed by atoms with Gasteiger partial charge in [-0.2, -0.15) is 17.9 Å². The van der Waals surface area contributed by atoms with Gasteiger partial charge in [0.05, 0.1) is 12.2 Å². The van der Waals surface area contributed by atoms with Gasteiger partial charge in [-0.3, -0.25) is 9.89 Å². The highest BCUT2D eigenvalue weighted by Crippen LogP contribution is 2.42. The topological polar surface area (TPSA) is 116 Å². The first kappa shape index (κ1) is 23.0. The molecule has 2 aliphatic heterocycles. The summed E-state index contributed by atoms with van der Waals surface area (Å²) in [5.74, 6) is -1.17.